The van der Waals surface area contributed by atoms with Crippen LogP contribution in [0.5, 0.6) is 0 Å². The average Bonchev–Trinajstić information content (AvgIpc) is 3.20. The van der Waals surface area contributed by atoms with Gasteiger partial charge in [0, 0.05) is 23.5 Å². The largest absolute Gasteiger partial charge is 0.356 e. The summed E-state index contributed by atoms with van der Waals surface area (Å²) in [6.07, 6.45) is 2.97. The molecule has 3 nitrogen and oxygen atoms in total. The lowest BCUT2D eigenvalue weighted by atomic mass is 10.0. The van der Waals surface area contributed by atoms with Crippen LogP contribution in [0.4, 0.5) is 0 Å². The van der Waals surface area contributed by atoms with Gasteiger partial charge in [0.1, 0.15) is 6.10 Å². The quantitative estimate of drug-likeness (QED) is 0.595. The van der Waals surface area contributed by atoms with Crippen LogP contribution in [-0.4, -0.2) is 16.9 Å². The molecule has 17 heavy (non-hydrogen) atoms. The van der Waals surface area contributed by atoms with Gasteiger partial charge in [-0.3, -0.25) is 9.78 Å². The first-order valence-electron chi connectivity index (χ1n) is 5.51. The topological polar surface area (TPSA) is 42.5 Å². The number of epoxide rings is 1. The minimum atomic E-state index is -0.346. The third-order valence-electron chi connectivity index (χ3n) is 2.82. The predicted octanol–water partition coefficient (Wildman–Crippen LogP) is 2.40. The third-order valence-corrected chi connectivity index (χ3v) is 2.82. The summed E-state index contributed by atoms with van der Waals surface area (Å²) >= 11 is 0. The standard InChI is InChI=1S/C14H11NO2/c16-12(10-5-2-1-3-6-10)14-13(17-14)11-7-4-8-15-9-11/h1-9,13-14H/t13-,14+/m1/s1. The Bertz CT molecular complexity index is 524. The van der Waals surface area contributed by atoms with Crippen LogP contribution >= 0.6 is 0 Å². The lowest BCUT2D eigenvalue weighted by Crippen LogP contribution is -2.07. The predicted molar refractivity (Wildman–Crippen MR) is 62.6 cm³/mol. The van der Waals surface area contributed by atoms with E-state index in [0.29, 0.717) is 5.56 Å². The molecular weight excluding hydrogens is 214 g/mol. The van der Waals surface area contributed by atoms with Crippen molar-refractivity contribution in [1.82, 2.24) is 4.98 Å². The van der Waals surface area contributed by atoms with Crippen molar-refractivity contribution < 1.29 is 9.53 Å². The van der Waals surface area contributed by atoms with E-state index in [2.05, 4.69) is 4.98 Å². The second-order valence-electron chi connectivity index (χ2n) is 3.99. The number of carbonyl (C=O) groups is 1. The van der Waals surface area contributed by atoms with E-state index in [1.807, 2.05) is 42.5 Å². The Morgan fingerprint density at radius 1 is 1.12 bits per heavy atom. The first kappa shape index (κ1) is 10.2. The SMILES string of the molecule is O=C(c1ccccc1)[C@@H]1O[C@@H]1c1cccnc1. The molecule has 2 heterocycles. The van der Waals surface area contributed by atoms with Crippen molar-refractivity contribution in [2.45, 2.75) is 12.2 Å². The molecule has 2 atom stereocenters. The number of carbonyl (C=O) groups excluding carboxylic acids is 1. The minimum absolute atomic E-state index is 0.0412. The van der Waals surface area contributed by atoms with Gasteiger partial charge in [-0.15, -0.1) is 0 Å². The van der Waals surface area contributed by atoms with Crippen LogP contribution in [-0.2, 0) is 4.74 Å². The Morgan fingerprint density at radius 2 is 1.94 bits per heavy atom. The van der Waals surface area contributed by atoms with Gasteiger partial charge in [-0.25, -0.2) is 0 Å². The van der Waals surface area contributed by atoms with Gasteiger partial charge in [0.2, 0.25) is 0 Å². The van der Waals surface area contributed by atoms with Crippen molar-refractivity contribution in [2.75, 3.05) is 0 Å². The summed E-state index contributed by atoms with van der Waals surface area (Å²) in [6.45, 7) is 0. The highest BCUT2D eigenvalue weighted by Crippen LogP contribution is 2.40. The molecule has 1 fully saturated rings. The number of aromatic nitrogens is 1. The molecule has 0 radical (unpaired) electrons. The number of rotatable bonds is 3. The van der Waals surface area contributed by atoms with E-state index in [1.54, 1.807) is 12.4 Å². The summed E-state index contributed by atoms with van der Waals surface area (Å²) in [5.74, 6) is 0.0412. The zero-order chi connectivity index (χ0) is 11.7. The molecule has 0 N–H and O–H groups in total. The molecule has 1 aromatic carbocycles. The van der Waals surface area contributed by atoms with Crippen LogP contribution < -0.4 is 0 Å². The molecule has 1 aliphatic rings. The van der Waals surface area contributed by atoms with Crippen molar-refractivity contribution in [2.24, 2.45) is 0 Å². The van der Waals surface area contributed by atoms with Crippen LogP contribution in [0, 0.1) is 0 Å². The monoisotopic (exact) mass is 225 g/mol. The molecule has 0 unspecified atom stereocenters. The molecule has 0 amide bonds. The summed E-state index contributed by atoms with van der Waals surface area (Å²) in [5.41, 5.74) is 1.66. The van der Waals surface area contributed by atoms with E-state index in [4.69, 9.17) is 4.74 Å². The Balaban J connectivity index is 1.76. The van der Waals surface area contributed by atoms with E-state index >= 15 is 0 Å². The summed E-state index contributed by atoms with van der Waals surface area (Å²) in [7, 11) is 0. The van der Waals surface area contributed by atoms with Crippen LogP contribution in [0.2, 0.25) is 0 Å². The van der Waals surface area contributed by atoms with Gasteiger partial charge in [0.15, 0.2) is 11.9 Å². The Kier molecular flexibility index (Phi) is 2.46. The zero-order valence-corrected chi connectivity index (χ0v) is 9.11. The fourth-order valence-electron chi connectivity index (χ4n) is 1.88. The maximum Gasteiger partial charge on any atom is 0.194 e. The van der Waals surface area contributed by atoms with Crippen LogP contribution in [0.3, 0.4) is 0 Å². The number of ketones is 1. The fraction of sp³-hybridized carbons (Fsp3) is 0.143. The van der Waals surface area contributed by atoms with Gasteiger partial charge >= 0.3 is 0 Å². The van der Waals surface area contributed by atoms with Crippen molar-refractivity contribution >= 4 is 5.78 Å². The molecule has 3 heteroatoms. The molecule has 0 bridgehead atoms. The van der Waals surface area contributed by atoms with Crippen LogP contribution in [0.25, 0.3) is 0 Å². The van der Waals surface area contributed by atoms with Crippen molar-refractivity contribution in [3.63, 3.8) is 0 Å². The second kappa shape index (κ2) is 4.11. The van der Waals surface area contributed by atoms with E-state index in [9.17, 15) is 4.79 Å². The van der Waals surface area contributed by atoms with Crippen LogP contribution in [0.15, 0.2) is 54.9 Å². The molecule has 3 rings (SSSR count). The number of benzene rings is 1. The number of ether oxygens (including phenoxy) is 1. The molecule has 0 aliphatic carbocycles. The van der Waals surface area contributed by atoms with Gasteiger partial charge in [0.05, 0.1) is 0 Å². The normalized spacial score (nSPS) is 22.1. The fourth-order valence-corrected chi connectivity index (χ4v) is 1.88. The summed E-state index contributed by atoms with van der Waals surface area (Å²) in [6, 6.07) is 13.0. The molecule has 1 saturated heterocycles. The van der Waals surface area contributed by atoms with Gasteiger partial charge in [-0.1, -0.05) is 36.4 Å². The summed E-state index contributed by atoms with van der Waals surface area (Å²) < 4.78 is 5.43. The minimum Gasteiger partial charge on any atom is -0.356 e. The molecule has 0 spiro atoms. The molecule has 2 aromatic rings. The zero-order valence-electron chi connectivity index (χ0n) is 9.11. The molecule has 1 aromatic heterocycles. The molecule has 0 saturated carbocycles. The maximum atomic E-state index is 12.0. The second-order valence-corrected chi connectivity index (χ2v) is 3.99. The number of hydrogen-bond acceptors (Lipinski definition) is 3. The molecule has 1 aliphatic heterocycles. The number of nitrogens with zero attached hydrogens (tertiary/aromatic N) is 1. The Morgan fingerprint density at radius 3 is 2.65 bits per heavy atom. The molecular formula is C14H11NO2. The molecule has 84 valence electrons. The van der Waals surface area contributed by atoms with Crippen molar-refractivity contribution in [3.05, 3.63) is 66.0 Å². The van der Waals surface area contributed by atoms with E-state index < -0.39 is 0 Å². The lowest BCUT2D eigenvalue weighted by Gasteiger charge is -1.96. The highest BCUT2D eigenvalue weighted by atomic mass is 16.6. The Hall–Kier alpha value is -2.00. The first-order valence-corrected chi connectivity index (χ1v) is 5.51. The van der Waals surface area contributed by atoms with Crippen molar-refractivity contribution in [1.29, 1.82) is 0 Å². The maximum absolute atomic E-state index is 12.0. The average molecular weight is 225 g/mol. The van der Waals surface area contributed by atoms with Gasteiger partial charge < -0.3 is 4.74 Å². The van der Waals surface area contributed by atoms with Crippen LogP contribution in [0.1, 0.15) is 22.0 Å². The number of hydrogen-bond donors (Lipinski definition) is 0. The number of Topliss-reactive ketones (excluding diaryl/α,β-unsaturated/α-hetero) is 1. The highest BCUT2D eigenvalue weighted by molar-refractivity contribution is 6.01. The van der Waals surface area contributed by atoms with E-state index in [1.165, 1.54) is 0 Å². The Labute approximate surface area is 99.1 Å². The van der Waals surface area contributed by atoms with Gasteiger partial charge in [-0.2, -0.15) is 0 Å². The van der Waals surface area contributed by atoms with Crippen molar-refractivity contribution in [3.8, 4) is 0 Å². The number of pyridine rings is 1. The van der Waals surface area contributed by atoms with E-state index in [-0.39, 0.29) is 18.0 Å². The van der Waals surface area contributed by atoms with Gasteiger partial charge in [0.25, 0.3) is 0 Å². The highest BCUT2D eigenvalue weighted by Gasteiger charge is 2.46. The smallest absolute Gasteiger partial charge is 0.194 e. The van der Waals surface area contributed by atoms with Gasteiger partial charge in [-0.05, 0) is 6.07 Å². The third kappa shape index (κ3) is 1.97. The first-order chi connectivity index (χ1) is 8.36. The summed E-state index contributed by atoms with van der Waals surface area (Å²) in [4.78, 5) is 16.1. The van der Waals surface area contributed by atoms with E-state index in [0.717, 1.165) is 5.56 Å². The summed E-state index contributed by atoms with van der Waals surface area (Å²) in [5, 5.41) is 0. The lowest BCUT2D eigenvalue weighted by molar-refractivity contribution is 0.0953.